The molecule has 0 bridgehead atoms. The van der Waals surface area contributed by atoms with Gasteiger partial charge in [0.1, 0.15) is 6.61 Å². The molecule has 0 aromatic heterocycles. The number of aryl methyl sites for hydroxylation is 1. The average Bonchev–Trinajstić information content (AvgIpc) is 3.25. The van der Waals surface area contributed by atoms with Crippen molar-refractivity contribution in [1.29, 1.82) is 0 Å². The summed E-state index contributed by atoms with van der Waals surface area (Å²) in [6, 6.07) is 21.0. The van der Waals surface area contributed by atoms with Gasteiger partial charge in [-0.1, -0.05) is 45.8 Å². The lowest BCUT2D eigenvalue weighted by Gasteiger charge is -2.18. The molecule has 1 aliphatic heterocycles. The van der Waals surface area contributed by atoms with Gasteiger partial charge < -0.3 is 14.4 Å². The highest BCUT2D eigenvalue weighted by Crippen LogP contribution is 2.31. The minimum Gasteiger partial charge on any atom is -0.490 e. The topological polar surface area (TPSA) is 79.9 Å². The van der Waals surface area contributed by atoms with Crippen LogP contribution in [0.4, 0.5) is 11.4 Å². The number of rotatable bonds is 9. The van der Waals surface area contributed by atoms with Crippen LogP contribution in [0.3, 0.4) is 0 Å². The fourth-order valence-corrected chi connectivity index (χ4v) is 4.07. The molecular formula is C27H28BrN3O4. The second-order valence-electron chi connectivity index (χ2n) is 8.36. The molecule has 1 aliphatic rings. The Kier molecular flexibility index (Phi) is 7.92. The van der Waals surface area contributed by atoms with Crippen molar-refractivity contribution in [2.45, 2.75) is 26.9 Å². The summed E-state index contributed by atoms with van der Waals surface area (Å²) in [6.07, 6.45) is 0.175. The van der Waals surface area contributed by atoms with E-state index in [1.807, 2.05) is 62.4 Å². The van der Waals surface area contributed by atoms with E-state index in [9.17, 15) is 9.59 Å². The Bertz CT molecular complexity index is 1180. The maximum atomic E-state index is 12.7. The van der Waals surface area contributed by atoms with Crippen LogP contribution >= 0.6 is 15.9 Å². The molecule has 35 heavy (non-hydrogen) atoms. The predicted octanol–water partition coefficient (Wildman–Crippen LogP) is 5.23. The SMILES string of the molecule is CCOc1cc(NNC(=O)[C@@H]2CC(=O)N(c3ccc(C)cc3)C2)ccc1OCc1ccc(Br)cc1. The van der Waals surface area contributed by atoms with Gasteiger partial charge in [-0.25, -0.2) is 0 Å². The van der Waals surface area contributed by atoms with E-state index in [4.69, 9.17) is 9.47 Å². The Labute approximate surface area is 213 Å². The molecule has 1 saturated heterocycles. The summed E-state index contributed by atoms with van der Waals surface area (Å²) in [5.41, 5.74) is 9.28. The summed E-state index contributed by atoms with van der Waals surface area (Å²) < 4.78 is 12.7. The van der Waals surface area contributed by atoms with Crippen molar-refractivity contribution in [1.82, 2.24) is 5.43 Å². The number of anilines is 2. The van der Waals surface area contributed by atoms with E-state index in [1.165, 1.54) is 0 Å². The molecule has 4 rings (SSSR count). The van der Waals surface area contributed by atoms with Crippen LogP contribution in [-0.4, -0.2) is 25.0 Å². The molecule has 7 nitrogen and oxygen atoms in total. The van der Waals surface area contributed by atoms with Gasteiger partial charge in [0.05, 0.1) is 18.2 Å². The summed E-state index contributed by atoms with van der Waals surface area (Å²) in [6.45, 7) is 5.13. The smallest absolute Gasteiger partial charge is 0.243 e. The van der Waals surface area contributed by atoms with E-state index in [-0.39, 0.29) is 18.2 Å². The number of halogens is 1. The number of nitrogens with one attached hydrogen (secondary N) is 2. The minimum atomic E-state index is -0.434. The largest absolute Gasteiger partial charge is 0.490 e. The van der Waals surface area contributed by atoms with E-state index < -0.39 is 5.92 Å². The van der Waals surface area contributed by atoms with Crippen LogP contribution in [0.1, 0.15) is 24.5 Å². The zero-order valence-corrected chi connectivity index (χ0v) is 21.3. The number of hydrogen-bond donors (Lipinski definition) is 2. The number of carbonyl (C=O) groups is 2. The van der Waals surface area contributed by atoms with Gasteiger partial charge in [0.25, 0.3) is 0 Å². The van der Waals surface area contributed by atoms with Crippen molar-refractivity contribution in [2.24, 2.45) is 5.92 Å². The number of benzene rings is 3. The highest BCUT2D eigenvalue weighted by atomic mass is 79.9. The Balaban J connectivity index is 1.35. The van der Waals surface area contributed by atoms with Gasteiger partial charge in [-0.05, 0) is 55.8 Å². The molecule has 1 heterocycles. The summed E-state index contributed by atoms with van der Waals surface area (Å²) in [5.74, 6) is 0.463. The highest BCUT2D eigenvalue weighted by Gasteiger charge is 2.35. The summed E-state index contributed by atoms with van der Waals surface area (Å²) in [4.78, 5) is 26.9. The molecule has 8 heteroatoms. The van der Waals surface area contributed by atoms with E-state index in [1.54, 1.807) is 23.1 Å². The fraction of sp³-hybridized carbons (Fsp3) is 0.259. The maximum Gasteiger partial charge on any atom is 0.243 e. The highest BCUT2D eigenvalue weighted by molar-refractivity contribution is 9.10. The average molecular weight is 538 g/mol. The predicted molar refractivity (Wildman–Crippen MR) is 139 cm³/mol. The van der Waals surface area contributed by atoms with Crippen LogP contribution in [0.2, 0.25) is 0 Å². The minimum absolute atomic E-state index is 0.0556. The van der Waals surface area contributed by atoms with Crippen LogP contribution in [-0.2, 0) is 16.2 Å². The number of amides is 2. The van der Waals surface area contributed by atoms with Gasteiger partial charge in [0, 0.05) is 29.2 Å². The Hall–Kier alpha value is -3.52. The van der Waals surface area contributed by atoms with Crippen LogP contribution < -0.4 is 25.2 Å². The van der Waals surface area contributed by atoms with Gasteiger partial charge in [0.2, 0.25) is 11.8 Å². The first kappa shape index (κ1) is 24.6. The van der Waals surface area contributed by atoms with Crippen LogP contribution in [0.25, 0.3) is 0 Å². The monoisotopic (exact) mass is 537 g/mol. The molecule has 2 N–H and O–H groups in total. The zero-order chi connectivity index (χ0) is 24.8. The molecule has 0 saturated carbocycles. The van der Waals surface area contributed by atoms with Crippen LogP contribution in [0.5, 0.6) is 11.5 Å². The summed E-state index contributed by atoms with van der Waals surface area (Å²) in [5, 5.41) is 0. The van der Waals surface area contributed by atoms with Crippen molar-refractivity contribution >= 4 is 39.1 Å². The quantitative estimate of drug-likeness (QED) is 0.365. The fourth-order valence-electron chi connectivity index (χ4n) is 3.81. The van der Waals surface area contributed by atoms with Crippen LogP contribution in [0, 0.1) is 12.8 Å². The number of hydrogen-bond acceptors (Lipinski definition) is 5. The molecule has 1 fully saturated rings. The summed E-state index contributed by atoms with van der Waals surface area (Å²) in [7, 11) is 0. The van der Waals surface area contributed by atoms with E-state index in [0.717, 1.165) is 21.3 Å². The third-order valence-corrected chi connectivity index (χ3v) is 6.25. The molecular weight excluding hydrogens is 510 g/mol. The van der Waals surface area contributed by atoms with Gasteiger partial charge in [0.15, 0.2) is 11.5 Å². The van der Waals surface area contributed by atoms with E-state index >= 15 is 0 Å². The molecule has 182 valence electrons. The third-order valence-electron chi connectivity index (χ3n) is 5.72. The van der Waals surface area contributed by atoms with Gasteiger partial charge >= 0.3 is 0 Å². The summed E-state index contributed by atoms with van der Waals surface area (Å²) >= 11 is 3.43. The molecule has 1 atom stereocenters. The Morgan fingerprint density at radius 1 is 1.03 bits per heavy atom. The number of nitrogens with zero attached hydrogens (tertiary/aromatic N) is 1. The lowest BCUT2D eigenvalue weighted by Crippen LogP contribution is -2.36. The lowest BCUT2D eigenvalue weighted by atomic mass is 10.1. The van der Waals surface area contributed by atoms with E-state index in [0.29, 0.717) is 36.9 Å². The molecule has 2 amide bonds. The normalized spacial score (nSPS) is 15.1. The van der Waals surface area contributed by atoms with E-state index in [2.05, 4.69) is 26.8 Å². The first-order valence-corrected chi connectivity index (χ1v) is 12.3. The first-order chi connectivity index (χ1) is 16.9. The molecule has 3 aromatic rings. The molecule has 0 unspecified atom stereocenters. The molecule has 3 aromatic carbocycles. The molecule has 0 radical (unpaired) electrons. The second-order valence-corrected chi connectivity index (χ2v) is 9.28. The molecule has 0 spiro atoms. The van der Waals surface area contributed by atoms with Crippen molar-refractivity contribution in [3.63, 3.8) is 0 Å². The molecule has 0 aliphatic carbocycles. The first-order valence-electron chi connectivity index (χ1n) is 11.5. The van der Waals surface area contributed by atoms with Gasteiger partial charge in [-0.15, -0.1) is 0 Å². The Morgan fingerprint density at radius 2 is 1.77 bits per heavy atom. The number of ether oxygens (including phenoxy) is 2. The third kappa shape index (κ3) is 6.33. The second kappa shape index (κ2) is 11.3. The van der Waals surface area contributed by atoms with Crippen molar-refractivity contribution < 1.29 is 19.1 Å². The van der Waals surface area contributed by atoms with Gasteiger partial charge in [-0.3, -0.25) is 20.4 Å². The number of hydrazine groups is 1. The van der Waals surface area contributed by atoms with Crippen LogP contribution in [0.15, 0.2) is 71.2 Å². The zero-order valence-electron chi connectivity index (χ0n) is 19.7. The maximum absolute atomic E-state index is 12.7. The van der Waals surface area contributed by atoms with Crippen molar-refractivity contribution in [3.05, 3.63) is 82.3 Å². The lowest BCUT2D eigenvalue weighted by molar-refractivity contribution is -0.125. The van der Waals surface area contributed by atoms with Crippen molar-refractivity contribution in [2.75, 3.05) is 23.5 Å². The van der Waals surface area contributed by atoms with Crippen molar-refractivity contribution in [3.8, 4) is 11.5 Å². The van der Waals surface area contributed by atoms with Gasteiger partial charge in [-0.2, -0.15) is 0 Å². The number of carbonyl (C=O) groups excluding carboxylic acids is 2. The standard InChI is InChI=1S/C27H28BrN3O4/c1-3-34-25-15-22(10-13-24(25)35-17-19-6-8-21(28)9-7-19)29-30-27(33)20-14-26(32)31(16-20)23-11-4-18(2)5-12-23/h4-13,15,20,29H,3,14,16-17H2,1-2H3,(H,30,33)/t20-/m1/s1. The Morgan fingerprint density at radius 3 is 2.49 bits per heavy atom.